The molecule has 1 aromatic heterocycles. The van der Waals surface area contributed by atoms with Crippen molar-refractivity contribution in [1.29, 1.82) is 0 Å². The summed E-state index contributed by atoms with van der Waals surface area (Å²) < 4.78 is 0. The van der Waals surface area contributed by atoms with Gasteiger partial charge in [-0.1, -0.05) is 6.08 Å². The molecule has 3 N–H and O–H groups in total. The van der Waals surface area contributed by atoms with E-state index in [0.717, 1.165) is 18.9 Å². The Balaban J connectivity index is 2.65. The largest absolute Gasteiger partial charge is 0.357 e. The SMILES string of the molecule is CCN(CC)c1ccc(NC(=O)/C=C/CN)cn1. The fraction of sp³-hybridized carbons (Fsp3) is 0.385. The molecule has 0 radical (unpaired) electrons. The Kier molecular flexibility index (Phi) is 5.87. The van der Waals surface area contributed by atoms with Gasteiger partial charge in [-0.2, -0.15) is 0 Å². The lowest BCUT2D eigenvalue weighted by molar-refractivity contribution is -0.111. The van der Waals surface area contributed by atoms with Gasteiger partial charge in [0, 0.05) is 25.7 Å². The van der Waals surface area contributed by atoms with E-state index >= 15 is 0 Å². The van der Waals surface area contributed by atoms with Gasteiger partial charge in [0.15, 0.2) is 0 Å². The van der Waals surface area contributed by atoms with E-state index in [1.807, 2.05) is 12.1 Å². The lowest BCUT2D eigenvalue weighted by atomic mass is 10.3. The number of nitrogens with zero attached hydrogens (tertiary/aromatic N) is 2. The number of carbonyl (C=O) groups is 1. The second kappa shape index (κ2) is 7.45. The number of amides is 1. The van der Waals surface area contributed by atoms with Crippen LogP contribution in [0.5, 0.6) is 0 Å². The smallest absolute Gasteiger partial charge is 0.248 e. The van der Waals surface area contributed by atoms with Gasteiger partial charge < -0.3 is 16.0 Å². The summed E-state index contributed by atoms with van der Waals surface area (Å²) in [6.07, 6.45) is 4.67. The van der Waals surface area contributed by atoms with Crippen molar-refractivity contribution < 1.29 is 4.79 Å². The van der Waals surface area contributed by atoms with Crippen molar-refractivity contribution in [2.75, 3.05) is 29.9 Å². The summed E-state index contributed by atoms with van der Waals surface area (Å²) in [6, 6.07) is 3.74. The minimum Gasteiger partial charge on any atom is -0.357 e. The van der Waals surface area contributed by atoms with E-state index in [4.69, 9.17) is 5.73 Å². The topological polar surface area (TPSA) is 71.2 Å². The molecule has 0 aromatic carbocycles. The van der Waals surface area contributed by atoms with Gasteiger partial charge in [0.05, 0.1) is 11.9 Å². The van der Waals surface area contributed by atoms with Crippen molar-refractivity contribution in [3.63, 3.8) is 0 Å². The maximum Gasteiger partial charge on any atom is 0.248 e. The van der Waals surface area contributed by atoms with Crippen LogP contribution >= 0.6 is 0 Å². The van der Waals surface area contributed by atoms with Crippen LogP contribution in [0.4, 0.5) is 11.5 Å². The zero-order valence-electron chi connectivity index (χ0n) is 10.9. The maximum atomic E-state index is 11.4. The number of pyridine rings is 1. The third-order valence-electron chi connectivity index (χ3n) is 2.51. The molecular formula is C13H20N4O. The first-order chi connectivity index (χ1) is 8.71. The normalized spacial score (nSPS) is 10.6. The molecule has 0 aliphatic heterocycles. The summed E-state index contributed by atoms with van der Waals surface area (Å²) in [5.41, 5.74) is 5.95. The van der Waals surface area contributed by atoms with Crippen molar-refractivity contribution in [1.82, 2.24) is 4.98 Å². The van der Waals surface area contributed by atoms with Gasteiger partial charge in [0.2, 0.25) is 5.91 Å². The van der Waals surface area contributed by atoms with Gasteiger partial charge in [0.1, 0.15) is 5.82 Å². The number of hydrogen-bond donors (Lipinski definition) is 2. The van der Waals surface area contributed by atoms with Gasteiger partial charge in [0.25, 0.3) is 0 Å². The number of carbonyl (C=O) groups excluding carboxylic acids is 1. The van der Waals surface area contributed by atoms with E-state index in [2.05, 4.69) is 29.0 Å². The predicted octanol–water partition coefficient (Wildman–Crippen LogP) is 1.38. The van der Waals surface area contributed by atoms with E-state index in [0.29, 0.717) is 12.2 Å². The summed E-state index contributed by atoms with van der Waals surface area (Å²) in [7, 11) is 0. The number of nitrogens with two attached hydrogens (primary N) is 1. The Morgan fingerprint density at radius 3 is 2.67 bits per heavy atom. The van der Waals surface area contributed by atoms with Crippen molar-refractivity contribution >= 4 is 17.4 Å². The lowest BCUT2D eigenvalue weighted by Gasteiger charge is -2.19. The molecule has 5 heteroatoms. The first kappa shape index (κ1) is 14.2. The highest BCUT2D eigenvalue weighted by Crippen LogP contribution is 2.13. The van der Waals surface area contributed by atoms with Gasteiger partial charge in [-0.25, -0.2) is 4.98 Å². The molecule has 0 spiro atoms. The van der Waals surface area contributed by atoms with Crippen LogP contribution in [0.1, 0.15) is 13.8 Å². The number of hydrogen-bond acceptors (Lipinski definition) is 4. The molecule has 0 aliphatic rings. The molecule has 1 aromatic rings. The molecule has 0 atom stereocenters. The number of anilines is 2. The molecule has 18 heavy (non-hydrogen) atoms. The van der Waals surface area contributed by atoms with E-state index in [9.17, 15) is 4.79 Å². The quantitative estimate of drug-likeness (QED) is 0.746. The van der Waals surface area contributed by atoms with Crippen molar-refractivity contribution in [3.05, 3.63) is 30.5 Å². The number of rotatable bonds is 6. The molecule has 5 nitrogen and oxygen atoms in total. The Labute approximate surface area is 108 Å². The number of nitrogens with one attached hydrogen (secondary N) is 1. The van der Waals surface area contributed by atoms with Crippen LogP contribution in [0, 0.1) is 0 Å². The average Bonchev–Trinajstić information content (AvgIpc) is 2.40. The van der Waals surface area contributed by atoms with Crippen molar-refractivity contribution in [2.45, 2.75) is 13.8 Å². The molecular weight excluding hydrogens is 228 g/mol. The summed E-state index contributed by atoms with van der Waals surface area (Å²) in [6.45, 7) is 6.34. The van der Waals surface area contributed by atoms with Crippen molar-refractivity contribution in [2.24, 2.45) is 5.73 Å². The van der Waals surface area contributed by atoms with Gasteiger partial charge in [-0.15, -0.1) is 0 Å². The Hall–Kier alpha value is -1.88. The Morgan fingerprint density at radius 1 is 1.44 bits per heavy atom. The predicted molar refractivity (Wildman–Crippen MR) is 74.6 cm³/mol. The second-order valence-electron chi connectivity index (χ2n) is 3.70. The lowest BCUT2D eigenvalue weighted by Crippen LogP contribution is -2.22. The van der Waals surface area contributed by atoms with Gasteiger partial charge in [-0.05, 0) is 26.0 Å². The standard InChI is InChI=1S/C13H20N4O/c1-3-17(4-2)12-8-7-11(10-15-12)16-13(18)6-5-9-14/h5-8,10H,3-4,9,14H2,1-2H3,(H,16,18)/b6-5+. The van der Waals surface area contributed by atoms with E-state index in [-0.39, 0.29) is 5.91 Å². The molecule has 0 fully saturated rings. The fourth-order valence-electron chi connectivity index (χ4n) is 1.55. The molecule has 98 valence electrons. The molecule has 0 bridgehead atoms. The summed E-state index contributed by atoms with van der Waals surface area (Å²) in [4.78, 5) is 17.9. The van der Waals surface area contributed by atoms with Crippen LogP contribution in [-0.2, 0) is 4.79 Å². The van der Waals surface area contributed by atoms with Crippen LogP contribution in [0.25, 0.3) is 0 Å². The van der Waals surface area contributed by atoms with Crippen LogP contribution in [0.3, 0.4) is 0 Å². The Morgan fingerprint density at radius 2 is 2.17 bits per heavy atom. The minimum absolute atomic E-state index is 0.196. The highest BCUT2D eigenvalue weighted by molar-refractivity contribution is 5.99. The summed E-state index contributed by atoms with van der Waals surface area (Å²) in [5, 5.41) is 2.72. The zero-order chi connectivity index (χ0) is 13.4. The van der Waals surface area contributed by atoms with E-state index < -0.39 is 0 Å². The third-order valence-corrected chi connectivity index (χ3v) is 2.51. The van der Waals surface area contributed by atoms with Crippen LogP contribution in [-0.4, -0.2) is 30.5 Å². The highest BCUT2D eigenvalue weighted by atomic mass is 16.1. The second-order valence-corrected chi connectivity index (χ2v) is 3.70. The molecule has 0 saturated heterocycles. The summed E-state index contributed by atoms with van der Waals surface area (Å²) >= 11 is 0. The fourth-order valence-corrected chi connectivity index (χ4v) is 1.55. The molecule has 1 amide bonds. The van der Waals surface area contributed by atoms with E-state index in [1.54, 1.807) is 12.3 Å². The van der Waals surface area contributed by atoms with Crippen LogP contribution in [0.2, 0.25) is 0 Å². The molecule has 1 heterocycles. The highest BCUT2D eigenvalue weighted by Gasteiger charge is 2.03. The van der Waals surface area contributed by atoms with Crippen LogP contribution in [0.15, 0.2) is 30.5 Å². The Bertz CT molecular complexity index is 396. The maximum absolute atomic E-state index is 11.4. The average molecular weight is 248 g/mol. The first-order valence-corrected chi connectivity index (χ1v) is 6.09. The minimum atomic E-state index is -0.196. The zero-order valence-corrected chi connectivity index (χ0v) is 10.9. The molecule has 0 aliphatic carbocycles. The van der Waals surface area contributed by atoms with Crippen molar-refractivity contribution in [3.8, 4) is 0 Å². The summed E-state index contributed by atoms with van der Waals surface area (Å²) in [5.74, 6) is 0.716. The van der Waals surface area contributed by atoms with E-state index in [1.165, 1.54) is 6.08 Å². The molecule has 1 rings (SSSR count). The number of aromatic nitrogens is 1. The van der Waals surface area contributed by atoms with Crippen LogP contribution < -0.4 is 16.0 Å². The monoisotopic (exact) mass is 248 g/mol. The van der Waals surface area contributed by atoms with Gasteiger partial charge in [-0.3, -0.25) is 4.79 Å². The van der Waals surface area contributed by atoms with Gasteiger partial charge >= 0.3 is 0 Å². The molecule has 0 unspecified atom stereocenters. The molecule has 0 saturated carbocycles. The first-order valence-electron chi connectivity index (χ1n) is 6.09. The third kappa shape index (κ3) is 4.18.